The molecule has 0 bridgehead atoms. The molecule has 0 heterocycles. The molecular weight excluding hydrogens is 232 g/mol. The summed E-state index contributed by atoms with van der Waals surface area (Å²) >= 11 is 0. The minimum absolute atomic E-state index is 0.0991. The van der Waals surface area contributed by atoms with Crippen LogP contribution in [0.3, 0.4) is 0 Å². The fourth-order valence-corrected chi connectivity index (χ4v) is 1.89. The molecule has 1 aromatic carbocycles. The third-order valence-electron chi connectivity index (χ3n) is 2.89. The molecular formula is C13H20N2O3. The highest BCUT2D eigenvalue weighted by Gasteiger charge is 2.18. The van der Waals surface area contributed by atoms with Gasteiger partial charge in [0, 0.05) is 30.6 Å². The highest BCUT2D eigenvalue weighted by Crippen LogP contribution is 2.34. The zero-order valence-corrected chi connectivity index (χ0v) is 11.2. The maximum atomic E-state index is 11.3. The molecule has 0 fully saturated rings. The van der Waals surface area contributed by atoms with Gasteiger partial charge < -0.3 is 20.5 Å². The van der Waals surface area contributed by atoms with Crippen LogP contribution in [0.1, 0.15) is 23.6 Å². The zero-order valence-electron chi connectivity index (χ0n) is 11.2. The Morgan fingerprint density at radius 2 is 2.06 bits per heavy atom. The third kappa shape index (κ3) is 2.92. The molecule has 0 aliphatic rings. The molecule has 0 spiro atoms. The van der Waals surface area contributed by atoms with E-state index < -0.39 is 6.04 Å². The Balaban J connectivity index is 3.08. The molecule has 0 saturated carbocycles. The summed E-state index contributed by atoms with van der Waals surface area (Å²) in [7, 11) is 4.77. The van der Waals surface area contributed by atoms with Crippen molar-refractivity contribution in [3.63, 3.8) is 0 Å². The molecule has 1 rings (SSSR count). The highest BCUT2D eigenvalue weighted by atomic mass is 16.5. The summed E-state index contributed by atoms with van der Waals surface area (Å²) in [5, 5.41) is 2.56. The van der Waals surface area contributed by atoms with Crippen molar-refractivity contribution in [3.05, 3.63) is 23.3 Å². The van der Waals surface area contributed by atoms with E-state index in [1.807, 2.05) is 19.1 Å². The van der Waals surface area contributed by atoms with Gasteiger partial charge in [0.05, 0.1) is 14.2 Å². The van der Waals surface area contributed by atoms with Crippen LogP contribution in [0, 0.1) is 6.92 Å². The predicted octanol–water partition coefficient (Wildman–Crippen LogP) is 1.15. The number of amides is 1. The summed E-state index contributed by atoms with van der Waals surface area (Å²) in [6.45, 7) is 1.90. The van der Waals surface area contributed by atoms with Gasteiger partial charge in [0.15, 0.2) is 0 Å². The second kappa shape index (κ2) is 6.26. The lowest BCUT2D eigenvalue weighted by Crippen LogP contribution is -2.24. The van der Waals surface area contributed by atoms with Crippen LogP contribution in [-0.2, 0) is 4.79 Å². The fraction of sp³-hybridized carbons (Fsp3) is 0.462. The van der Waals surface area contributed by atoms with E-state index in [2.05, 4.69) is 5.32 Å². The second-order valence-electron chi connectivity index (χ2n) is 4.00. The second-order valence-corrected chi connectivity index (χ2v) is 4.00. The standard InChI is InChI=1S/C13H20N2O3/c1-8-11(17-3)6-5-9(13(8)18-4)10(14)7-12(16)15-2/h5-6,10H,7,14H2,1-4H3,(H,15,16). The van der Waals surface area contributed by atoms with Crippen molar-refractivity contribution in [1.82, 2.24) is 5.32 Å². The zero-order chi connectivity index (χ0) is 13.7. The first-order valence-electron chi connectivity index (χ1n) is 5.72. The summed E-state index contributed by atoms with van der Waals surface area (Å²) < 4.78 is 10.6. The molecule has 5 nitrogen and oxygen atoms in total. The molecule has 1 aromatic rings. The van der Waals surface area contributed by atoms with E-state index in [0.29, 0.717) is 5.75 Å². The quantitative estimate of drug-likeness (QED) is 0.824. The minimum atomic E-state index is -0.399. The SMILES string of the molecule is CNC(=O)CC(N)c1ccc(OC)c(C)c1OC. The van der Waals surface area contributed by atoms with Crippen molar-refractivity contribution in [2.24, 2.45) is 5.73 Å². The Labute approximate surface area is 107 Å². The Hall–Kier alpha value is -1.75. The lowest BCUT2D eigenvalue weighted by Gasteiger charge is -2.18. The summed E-state index contributed by atoms with van der Waals surface area (Å²) in [6, 6.07) is 3.26. The van der Waals surface area contributed by atoms with Crippen molar-refractivity contribution < 1.29 is 14.3 Å². The highest BCUT2D eigenvalue weighted by molar-refractivity contribution is 5.76. The smallest absolute Gasteiger partial charge is 0.221 e. The summed E-state index contributed by atoms with van der Waals surface area (Å²) in [6.07, 6.45) is 0.221. The van der Waals surface area contributed by atoms with Crippen LogP contribution >= 0.6 is 0 Å². The van der Waals surface area contributed by atoms with Crippen LogP contribution < -0.4 is 20.5 Å². The molecule has 0 aromatic heterocycles. The summed E-state index contributed by atoms with van der Waals surface area (Å²) in [4.78, 5) is 11.3. The van der Waals surface area contributed by atoms with Gasteiger partial charge in [-0.3, -0.25) is 4.79 Å². The predicted molar refractivity (Wildman–Crippen MR) is 69.9 cm³/mol. The largest absolute Gasteiger partial charge is 0.496 e. The Bertz CT molecular complexity index is 432. The van der Waals surface area contributed by atoms with E-state index in [0.717, 1.165) is 16.9 Å². The van der Waals surface area contributed by atoms with E-state index in [1.165, 1.54) is 0 Å². The molecule has 5 heteroatoms. The van der Waals surface area contributed by atoms with E-state index in [1.54, 1.807) is 21.3 Å². The lowest BCUT2D eigenvalue weighted by atomic mass is 10.00. The first-order chi connectivity index (χ1) is 8.54. The van der Waals surface area contributed by atoms with Gasteiger partial charge in [0.25, 0.3) is 0 Å². The third-order valence-corrected chi connectivity index (χ3v) is 2.89. The molecule has 0 aliphatic carbocycles. The number of rotatable bonds is 5. The monoisotopic (exact) mass is 252 g/mol. The molecule has 18 heavy (non-hydrogen) atoms. The van der Waals surface area contributed by atoms with Crippen molar-refractivity contribution in [2.75, 3.05) is 21.3 Å². The number of hydrogen-bond acceptors (Lipinski definition) is 4. The summed E-state index contributed by atoms with van der Waals surface area (Å²) in [5.41, 5.74) is 7.71. The van der Waals surface area contributed by atoms with Crippen molar-refractivity contribution in [1.29, 1.82) is 0 Å². The van der Waals surface area contributed by atoms with Gasteiger partial charge in [-0.1, -0.05) is 6.07 Å². The van der Waals surface area contributed by atoms with Gasteiger partial charge in [-0.05, 0) is 13.0 Å². The Morgan fingerprint density at radius 3 is 2.56 bits per heavy atom. The Morgan fingerprint density at radius 1 is 1.39 bits per heavy atom. The number of carbonyl (C=O) groups excluding carboxylic acids is 1. The van der Waals surface area contributed by atoms with Crippen LogP contribution in [0.2, 0.25) is 0 Å². The van der Waals surface area contributed by atoms with Gasteiger partial charge in [-0.25, -0.2) is 0 Å². The topological polar surface area (TPSA) is 73.6 Å². The van der Waals surface area contributed by atoms with Gasteiger partial charge in [-0.2, -0.15) is 0 Å². The number of ether oxygens (including phenoxy) is 2. The molecule has 0 aliphatic heterocycles. The Kier molecular flexibility index (Phi) is 4.97. The lowest BCUT2D eigenvalue weighted by molar-refractivity contribution is -0.120. The maximum Gasteiger partial charge on any atom is 0.221 e. The van der Waals surface area contributed by atoms with Crippen LogP contribution in [0.15, 0.2) is 12.1 Å². The average Bonchev–Trinajstić information content (AvgIpc) is 2.37. The van der Waals surface area contributed by atoms with E-state index in [9.17, 15) is 4.79 Å². The normalized spacial score (nSPS) is 11.8. The van der Waals surface area contributed by atoms with Gasteiger partial charge in [0.2, 0.25) is 5.91 Å². The van der Waals surface area contributed by atoms with E-state index >= 15 is 0 Å². The first kappa shape index (κ1) is 14.3. The molecule has 1 unspecified atom stereocenters. The van der Waals surface area contributed by atoms with Gasteiger partial charge in [0.1, 0.15) is 11.5 Å². The maximum absolute atomic E-state index is 11.3. The summed E-state index contributed by atoms with van der Waals surface area (Å²) in [5.74, 6) is 1.31. The number of nitrogens with one attached hydrogen (secondary N) is 1. The average molecular weight is 252 g/mol. The van der Waals surface area contributed by atoms with Crippen molar-refractivity contribution in [3.8, 4) is 11.5 Å². The van der Waals surface area contributed by atoms with Crippen molar-refractivity contribution in [2.45, 2.75) is 19.4 Å². The molecule has 3 N–H and O–H groups in total. The number of benzene rings is 1. The number of carbonyl (C=O) groups is 1. The molecule has 100 valence electrons. The minimum Gasteiger partial charge on any atom is -0.496 e. The number of methoxy groups -OCH3 is 2. The fourth-order valence-electron chi connectivity index (χ4n) is 1.89. The molecule has 1 amide bonds. The van der Waals surface area contributed by atoms with Crippen LogP contribution in [0.4, 0.5) is 0 Å². The first-order valence-corrected chi connectivity index (χ1v) is 5.72. The van der Waals surface area contributed by atoms with Crippen LogP contribution in [0.25, 0.3) is 0 Å². The van der Waals surface area contributed by atoms with E-state index in [4.69, 9.17) is 15.2 Å². The van der Waals surface area contributed by atoms with E-state index in [-0.39, 0.29) is 12.3 Å². The number of hydrogen-bond donors (Lipinski definition) is 2. The van der Waals surface area contributed by atoms with Gasteiger partial charge >= 0.3 is 0 Å². The molecule has 0 saturated heterocycles. The molecule has 1 atom stereocenters. The van der Waals surface area contributed by atoms with Crippen LogP contribution in [-0.4, -0.2) is 27.2 Å². The van der Waals surface area contributed by atoms with Crippen molar-refractivity contribution >= 4 is 5.91 Å². The molecule has 0 radical (unpaired) electrons. The van der Waals surface area contributed by atoms with Crippen LogP contribution in [0.5, 0.6) is 11.5 Å². The number of nitrogens with two attached hydrogens (primary N) is 1. The van der Waals surface area contributed by atoms with Gasteiger partial charge in [-0.15, -0.1) is 0 Å².